The van der Waals surface area contributed by atoms with Gasteiger partial charge in [-0.1, -0.05) is 44.2 Å². The number of nitriles is 1. The number of amidine groups is 1. The fourth-order valence-electron chi connectivity index (χ4n) is 3.43. The molecule has 1 fully saturated rings. The van der Waals surface area contributed by atoms with Crippen LogP contribution in [0.15, 0.2) is 53.3 Å². The predicted molar refractivity (Wildman–Crippen MR) is 124 cm³/mol. The molecule has 158 valence electrons. The zero-order valence-electron chi connectivity index (χ0n) is 17.8. The van der Waals surface area contributed by atoms with Gasteiger partial charge in [0.1, 0.15) is 5.84 Å². The molecular formula is C23H31N7. The van der Waals surface area contributed by atoms with Crippen LogP contribution in [0.4, 0.5) is 0 Å². The number of hydrogen-bond donors (Lipinski definition) is 4. The Kier molecular flexibility index (Phi) is 9.01. The molecule has 0 aliphatic carbocycles. The number of rotatable bonds is 9. The Balaban J connectivity index is 2.04. The van der Waals surface area contributed by atoms with E-state index in [0.29, 0.717) is 18.1 Å². The van der Waals surface area contributed by atoms with E-state index in [1.807, 2.05) is 6.08 Å². The lowest BCUT2D eigenvalue weighted by atomic mass is 9.97. The molecule has 1 aliphatic heterocycles. The van der Waals surface area contributed by atoms with E-state index in [1.54, 1.807) is 25.4 Å². The Hall–Kier alpha value is -3.21. The molecule has 1 aromatic carbocycles. The third kappa shape index (κ3) is 6.69. The van der Waals surface area contributed by atoms with Gasteiger partial charge in [-0.05, 0) is 35.6 Å². The summed E-state index contributed by atoms with van der Waals surface area (Å²) in [5, 5.41) is 23.0. The number of allylic oxidation sites excluding steroid dienone is 1. The zero-order valence-corrected chi connectivity index (χ0v) is 17.8. The molecule has 0 aromatic heterocycles. The predicted octanol–water partition coefficient (Wildman–Crippen LogP) is 3.05. The monoisotopic (exact) mass is 405 g/mol. The van der Waals surface area contributed by atoms with Crippen LogP contribution in [0.5, 0.6) is 0 Å². The van der Waals surface area contributed by atoms with Crippen LogP contribution in [0.2, 0.25) is 0 Å². The van der Waals surface area contributed by atoms with Crippen LogP contribution < -0.4 is 16.4 Å². The summed E-state index contributed by atoms with van der Waals surface area (Å²) < 4.78 is 0. The highest BCUT2D eigenvalue weighted by Crippen LogP contribution is 2.23. The Morgan fingerprint density at radius 3 is 2.97 bits per heavy atom. The smallest absolute Gasteiger partial charge is 0.207 e. The first-order valence-corrected chi connectivity index (χ1v) is 10.1. The van der Waals surface area contributed by atoms with Crippen molar-refractivity contribution in [1.82, 2.24) is 15.5 Å². The molecule has 5 N–H and O–H groups in total. The van der Waals surface area contributed by atoms with Crippen LogP contribution in [0.25, 0.3) is 6.08 Å². The molecule has 1 saturated heterocycles. The first kappa shape index (κ1) is 23.1. The molecule has 0 radical (unpaired) electrons. The van der Waals surface area contributed by atoms with Gasteiger partial charge in [-0.2, -0.15) is 10.3 Å². The van der Waals surface area contributed by atoms with E-state index in [9.17, 15) is 0 Å². The third-order valence-corrected chi connectivity index (χ3v) is 4.84. The number of aliphatic imine (C=N–C) groups is 1. The molecule has 1 atom stereocenters. The molecule has 1 unspecified atom stereocenters. The van der Waals surface area contributed by atoms with E-state index in [4.69, 9.17) is 16.4 Å². The standard InChI is InChI=1S/C23H31N7/c1-4-6-20-10-21(8-7-19(20)5-2)22-14-30(16-29-22)13-18(11-24)12-27-23(28-15-25)9-17(3)26/h5,7-12,22,24,29H,2,4,6,13-14,16,26H2,1,3H3,(H,27,28)/b17-9+,18-12+,24-11?. The van der Waals surface area contributed by atoms with Gasteiger partial charge < -0.3 is 16.5 Å². The molecule has 1 heterocycles. The fourth-order valence-corrected chi connectivity index (χ4v) is 3.43. The summed E-state index contributed by atoms with van der Waals surface area (Å²) in [4.78, 5) is 5.94. The molecule has 30 heavy (non-hydrogen) atoms. The molecular weight excluding hydrogens is 374 g/mol. The van der Waals surface area contributed by atoms with Gasteiger partial charge in [0.2, 0.25) is 6.19 Å². The Morgan fingerprint density at radius 1 is 1.53 bits per heavy atom. The van der Waals surface area contributed by atoms with Gasteiger partial charge in [0, 0.05) is 50.0 Å². The summed E-state index contributed by atoms with van der Waals surface area (Å²) in [5.41, 5.74) is 10.8. The highest BCUT2D eigenvalue weighted by atomic mass is 15.3. The van der Waals surface area contributed by atoms with Crippen molar-refractivity contribution in [3.63, 3.8) is 0 Å². The van der Waals surface area contributed by atoms with Crippen LogP contribution in [0.1, 0.15) is 43.0 Å². The van der Waals surface area contributed by atoms with Crippen molar-refractivity contribution in [1.29, 1.82) is 10.7 Å². The van der Waals surface area contributed by atoms with Gasteiger partial charge in [-0.15, -0.1) is 0 Å². The highest BCUT2D eigenvalue weighted by molar-refractivity contribution is 5.95. The lowest BCUT2D eigenvalue weighted by molar-refractivity contribution is 0.363. The lowest BCUT2D eigenvalue weighted by Gasteiger charge is -2.16. The molecule has 0 bridgehead atoms. The van der Waals surface area contributed by atoms with Gasteiger partial charge in [-0.3, -0.25) is 10.2 Å². The normalized spacial score (nSPS) is 18.2. The summed E-state index contributed by atoms with van der Waals surface area (Å²) in [6.45, 7) is 10.0. The number of nitrogens with one attached hydrogen (secondary N) is 3. The van der Waals surface area contributed by atoms with Gasteiger partial charge in [-0.25, -0.2) is 0 Å². The second kappa shape index (κ2) is 11.7. The molecule has 7 nitrogen and oxygen atoms in total. The lowest BCUT2D eigenvalue weighted by Crippen LogP contribution is -2.26. The Morgan fingerprint density at radius 2 is 2.33 bits per heavy atom. The SMILES string of the molecule is C=Cc1ccc(C2CN(C/C(C=N)=C/NC(/C=C(\C)N)=N/C#N)CN2)cc1CCC. The maximum Gasteiger partial charge on any atom is 0.207 e. The van der Waals surface area contributed by atoms with E-state index >= 15 is 0 Å². The van der Waals surface area contributed by atoms with E-state index < -0.39 is 0 Å². The Bertz CT molecular complexity index is 885. The van der Waals surface area contributed by atoms with Gasteiger partial charge in [0.25, 0.3) is 0 Å². The second-order valence-electron chi connectivity index (χ2n) is 7.33. The molecule has 0 amide bonds. The maximum absolute atomic E-state index is 8.79. The molecule has 1 aromatic rings. The highest BCUT2D eigenvalue weighted by Gasteiger charge is 2.23. The number of nitrogens with zero attached hydrogens (tertiary/aromatic N) is 3. The molecule has 2 rings (SSSR count). The third-order valence-electron chi connectivity index (χ3n) is 4.84. The number of benzene rings is 1. The van der Waals surface area contributed by atoms with Crippen molar-refractivity contribution >= 4 is 18.1 Å². The van der Waals surface area contributed by atoms with Crippen LogP contribution >= 0.6 is 0 Å². The van der Waals surface area contributed by atoms with Crippen LogP contribution in [0, 0.1) is 16.9 Å². The molecule has 1 aliphatic rings. The largest absolute Gasteiger partial charge is 0.402 e. The van der Waals surface area contributed by atoms with E-state index in [0.717, 1.165) is 31.6 Å². The van der Waals surface area contributed by atoms with Gasteiger partial charge in [0.15, 0.2) is 0 Å². The van der Waals surface area contributed by atoms with Crippen molar-refractivity contribution in [3.05, 3.63) is 65.0 Å². The summed E-state index contributed by atoms with van der Waals surface area (Å²) in [6, 6.07) is 6.84. The first-order chi connectivity index (χ1) is 14.5. The van der Waals surface area contributed by atoms with Crippen molar-refractivity contribution in [2.45, 2.75) is 32.7 Å². The number of nitrogens with two attached hydrogens (primary N) is 1. The average Bonchev–Trinajstić information content (AvgIpc) is 3.19. The minimum atomic E-state index is 0.248. The topological polar surface area (TPSA) is 113 Å². The van der Waals surface area contributed by atoms with Crippen molar-refractivity contribution in [2.75, 3.05) is 19.8 Å². The summed E-state index contributed by atoms with van der Waals surface area (Å²) in [7, 11) is 0. The zero-order chi connectivity index (χ0) is 21.9. The summed E-state index contributed by atoms with van der Waals surface area (Å²) in [5.74, 6) is 0.347. The van der Waals surface area contributed by atoms with Crippen molar-refractivity contribution < 1.29 is 0 Å². The van der Waals surface area contributed by atoms with E-state index in [-0.39, 0.29) is 6.04 Å². The quantitative estimate of drug-likeness (QED) is 0.286. The fraction of sp³-hybridized carbons (Fsp3) is 0.348. The minimum Gasteiger partial charge on any atom is -0.402 e. The summed E-state index contributed by atoms with van der Waals surface area (Å²) in [6.07, 6.45) is 10.4. The number of aryl methyl sites for hydroxylation is 1. The van der Waals surface area contributed by atoms with Gasteiger partial charge >= 0.3 is 0 Å². The molecule has 0 spiro atoms. The number of hydrogen-bond acceptors (Lipinski definition) is 6. The molecule has 0 saturated carbocycles. The minimum absolute atomic E-state index is 0.248. The first-order valence-electron chi connectivity index (χ1n) is 10.1. The maximum atomic E-state index is 8.79. The van der Waals surface area contributed by atoms with Crippen molar-refractivity contribution in [3.8, 4) is 6.19 Å². The van der Waals surface area contributed by atoms with E-state index in [2.05, 4.69) is 52.2 Å². The molecule has 7 heteroatoms. The van der Waals surface area contributed by atoms with Crippen LogP contribution in [-0.4, -0.2) is 36.7 Å². The van der Waals surface area contributed by atoms with Gasteiger partial charge in [0.05, 0.1) is 0 Å². The van der Waals surface area contributed by atoms with Crippen molar-refractivity contribution in [2.24, 2.45) is 10.7 Å². The van der Waals surface area contributed by atoms with E-state index in [1.165, 1.54) is 22.9 Å². The van der Waals surface area contributed by atoms with Crippen LogP contribution in [0.3, 0.4) is 0 Å². The van der Waals surface area contributed by atoms with Crippen LogP contribution in [-0.2, 0) is 6.42 Å². The summed E-state index contributed by atoms with van der Waals surface area (Å²) >= 11 is 0. The average molecular weight is 406 g/mol. The second-order valence-corrected chi connectivity index (χ2v) is 7.33. The Labute approximate surface area is 179 Å².